The molecule has 0 fully saturated rings. The highest BCUT2D eigenvalue weighted by atomic mass is 19.1. The summed E-state index contributed by atoms with van der Waals surface area (Å²) >= 11 is 0. The summed E-state index contributed by atoms with van der Waals surface area (Å²) in [6.07, 6.45) is 1.35. The maximum absolute atomic E-state index is 13.9. The summed E-state index contributed by atoms with van der Waals surface area (Å²) in [4.78, 5) is 22.7. The first kappa shape index (κ1) is 17.8. The van der Waals surface area contributed by atoms with Crippen LogP contribution in [0.3, 0.4) is 0 Å². The van der Waals surface area contributed by atoms with Gasteiger partial charge in [-0.2, -0.15) is 4.98 Å². The number of hydrogen-bond acceptors (Lipinski definition) is 5. The second kappa shape index (κ2) is 7.22. The van der Waals surface area contributed by atoms with E-state index in [1.807, 2.05) is 0 Å². The number of aromatic nitrogens is 2. The Labute approximate surface area is 159 Å². The van der Waals surface area contributed by atoms with Crippen LogP contribution in [0.2, 0.25) is 0 Å². The zero-order valence-electron chi connectivity index (χ0n) is 14.6. The molecular weight excluding hydrogens is 368 g/mol. The van der Waals surface area contributed by atoms with Gasteiger partial charge in [0.1, 0.15) is 29.6 Å². The molecule has 28 heavy (non-hydrogen) atoms. The minimum absolute atomic E-state index is 0.0257. The molecule has 1 aromatic heterocycles. The molecule has 0 saturated heterocycles. The molecular formula is C20H15F2N3O3. The smallest absolute Gasteiger partial charge is 0.261 e. The van der Waals surface area contributed by atoms with E-state index in [-0.39, 0.29) is 42.5 Å². The predicted molar refractivity (Wildman–Crippen MR) is 95.7 cm³/mol. The topological polar surface area (TPSA) is 75.5 Å². The molecule has 1 N–H and O–H groups in total. The Kier molecular flexibility index (Phi) is 4.60. The zero-order chi connectivity index (χ0) is 19.7. The first-order valence-electron chi connectivity index (χ1n) is 8.54. The van der Waals surface area contributed by atoms with Gasteiger partial charge in [0.2, 0.25) is 5.88 Å². The van der Waals surface area contributed by atoms with E-state index in [1.165, 1.54) is 29.3 Å². The van der Waals surface area contributed by atoms with E-state index in [2.05, 4.69) is 9.97 Å². The van der Waals surface area contributed by atoms with Crippen LogP contribution in [0.15, 0.2) is 48.7 Å². The lowest BCUT2D eigenvalue weighted by molar-refractivity contribution is 0.0741. The molecule has 6 nitrogen and oxygen atoms in total. The van der Waals surface area contributed by atoms with E-state index in [9.17, 15) is 18.7 Å². The van der Waals surface area contributed by atoms with E-state index in [4.69, 9.17) is 4.74 Å². The number of ether oxygens (including phenoxy) is 1. The number of hydrogen-bond donors (Lipinski definition) is 1. The number of phenols is 1. The normalized spacial score (nSPS) is 13.6. The van der Waals surface area contributed by atoms with Crippen molar-refractivity contribution in [1.29, 1.82) is 0 Å². The molecule has 1 aliphatic heterocycles. The second-order valence-electron chi connectivity index (χ2n) is 6.27. The van der Waals surface area contributed by atoms with Gasteiger partial charge in [-0.15, -0.1) is 0 Å². The molecule has 2 aromatic carbocycles. The Morgan fingerprint density at radius 3 is 2.82 bits per heavy atom. The third-order valence-corrected chi connectivity index (χ3v) is 4.35. The van der Waals surface area contributed by atoms with Gasteiger partial charge in [-0.1, -0.05) is 18.2 Å². The van der Waals surface area contributed by atoms with Crippen molar-refractivity contribution in [2.45, 2.75) is 6.54 Å². The summed E-state index contributed by atoms with van der Waals surface area (Å²) < 4.78 is 32.6. The Morgan fingerprint density at radius 1 is 1.18 bits per heavy atom. The van der Waals surface area contributed by atoms with Gasteiger partial charge in [-0.05, 0) is 18.2 Å². The van der Waals surface area contributed by atoms with E-state index in [1.54, 1.807) is 12.1 Å². The van der Waals surface area contributed by atoms with Crippen LogP contribution >= 0.6 is 0 Å². The van der Waals surface area contributed by atoms with Crippen molar-refractivity contribution in [1.82, 2.24) is 14.9 Å². The summed E-state index contributed by atoms with van der Waals surface area (Å²) in [6.45, 7) is 0.355. The highest BCUT2D eigenvalue weighted by Gasteiger charge is 2.26. The second-order valence-corrected chi connectivity index (χ2v) is 6.27. The number of amides is 1. The van der Waals surface area contributed by atoms with Gasteiger partial charge in [0.25, 0.3) is 5.91 Å². The minimum atomic E-state index is -0.714. The number of halogens is 2. The zero-order valence-corrected chi connectivity index (χ0v) is 14.6. The average molecular weight is 383 g/mol. The molecule has 0 unspecified atom stereocenters. The SMILES string of the molecule is O=C1c2cnc(-c3cccc(O)c3)nc2OCCN1Cc1ccc(F)cc1F. The van der Waals surface area contributed by atoms with Crippen molar-refractivity contribution >= 4 is 5.91 Å². The molecule has 1 amide bonds. The molecule has 0 atom stereocenters. The van der Waals surface area contributed by atoms with Gasteiger partial charge in [0.15, 0.2) is 5.82 Å². The fourth-order valence-corrected chi connectivity index (χ4v) is 2.94. The number of rotatable bonds is 3. The summed E-state index contributed by atoms with van der Waals surface area (Å²) in [5, 5.41) is 9.61. The van der Waals surface area contributed by atoms with Crippen LogP contribution < -0.4 is 4.74 Å². The lowest BCUT2D eigenvalue weighted by Gasteiger charge is -2.20. The van der Waals surface area contributed by atoms with Crippen LogP contribution in [0, 0.1) is 11.6 Å². The molecule has 4 rings (SSSR count). The number of aromatic hydroxyl groups is 1. The van der Waals surface area contributed by atoms with Crippen LogP contribution in [0.25, 0.3) is 11.4 Å². The minimum Gasteiger partial charge on any atom is -0.508 e. The first-order valence-corrected chi connectivity index (χ1v) is 8.54. The maximum Gasteiger partial charge on any atom is 0.261 e. The number of nitrogens with zero attached hydrogens (tertiary/aromatic N) is 3. The van der Waals surface area contributed by atoms with E-state index >= 15 is 0 Å². The third kappa shape index (κ3) is 3.48. The maximum atomic E-state index is 13.9. The number of benzene rings is 2. The number of fused-ring (bicyclic) bond motifs is 1. The number of carbonyl (C=O) groups excluding carboxylic acids is 1. The Balaban J connectivity index is 1.63. The van der Waals surface area contributed by atoms with Crippen molar-refractivity contribution in [3.05, 3.63) is 71.4 Å². The van der Waals surface area contributed by atoms with Crippen molar-refractivity contribution in [2.75, 3.05) is 13.2 Å². The van der Waals surface area contributed by atoms with Gasteiger partial charge >= 0.3 is 0 Å². The van der Waals surface area contributed by atoms with Crippen molar-refractivity contribution in [2.24, 2.45) is 0 Å². The lowest BCUT2D eigenvalue weighted by Crippen LogP contribution is -2.32. The Morgan fingerprint density at radius 2 is 2.04 bits per heavy atom. The first-order chi connectivity index (χ1) is 13.5. The molecule has 0 aliphatic carbocycles. The number of phenolic OH excluding ortho intramolecular Hbond substituents is 1. The van der Waals surface area contributed by atoms with Crippen molar-refractivity contribution in [3.8, 4) is 23.0 Å². The number of carbonyl (C=O) groups is 1. The Bertz CT molecular complexity index is 1060. The standard InChI is InChI=1S/C20H15F2N3O3/c21-14-5-4-13(17(22)9-14)11-25-6-7-28-19-16(20(25)27)10-23-18(24-19)12-2-1-3-15(26)8-12/h1-5,8-10,26H,6-7,11H2. The fraction of sp³-hybridized carbons (Fsp3) is 0.150. The molecule has 3 aromatic rings. The molecule has 142 valence electrons. The molecule has 2 heterocycles. The highest BCUT2D eigenvalue weighted by molar-refractivity contribution is 5.96. The van der Waals surface area contributed by atoms with Crippen molar-refractivity contribution < 1.29 is 23.4 Å². The lowest BCUT2D eigenvalue weighted by atomic mass is 10.1. The van der Waals surface area contributed by atoms with Gasteiger partial charge in [-0.25, -0.2) is 13.8 Å². The quantitative estimate of drug-likeness (QED) is 0.752. The Hall–Kier alpha value is -3.55. The molecule has 0 bridgehead atoms. The van der Waals surface area contributed by atoms with Crippen LogP contribution in [0.1, 0.15) is 15.9 Å². The largest absolute Gasteiger partial charge is 0.508 e. The van der Waals surface area contributed by atoms with E-state index in [0.717, 1.165) is 12.1 Å². The average Bonchev–Trinajstić information content (AvgIpc) is 2.83. The van der Waals surface area contributed by atoms with E-state index in [0.29, 0.717) is 11.4 Å². The van der Waals surface area contributed by atoms with Crippen LogP contribution in [-0.4, -0.2) is 39.0 Å². The van der Waals surface area contributed by atoms with Crippen LogP contribution in [0.4, 0.5) is 8.78 Å². The highest BCUT2D eigenvalue weighted by Crippen LogP contribution is 2.26. The van der Waals surface area contributed by atoms with Gasteiger partial charge < -0.3 is 14.7 Å². The molecule has 8 heteroatoms. The fourth-order valence-electron chi connectivity index (χ4n) is 2.94. The summed E-state index contributed by atoms with van der Waals surface area (Å²) in [7, 11) is 0. The van der Waals surface area contributed by atoms with Gasteiger partial charge in [-0.3, -0.25) is 4.79 Å². The van der Waals surface area contributed by atoms with Crippen molar-refractivity contribution in [3.63, 3.8) is 0 Å². The molecule has 0 radical (unpaired) electrons. The van der Waals surface area contributed by atoms with Gasteiger partial charge in [0.05, 0.1) is 6.54 Å². The van der Waals surface area contributed by atoms with Crippen LogP contribution in [0.5, 0.6) is 11.6 Å². The monoisotopic (exact) mass is 383 g/mol. The summed E-state index contributed by atoms with van der Waals surface area (Å²) in [5.74, 6) is -1.29. The van der Waals surface area contributed by atoms with Crippen LogP contribution in [-0.2, 0) is 6.54 Å². The molecule has 0 spiro atoms. The van der Waals surface area contributed by atoms with Gasteiger partial charge in [0, 0.05) is 29.9 Å². The third-order valence-electron chi connectivity index (χ3n) is 4.35. The predicted octanol–water partition coefficient (Wildman–Crippen LogP) is 3.16. The molecule has 0 saturated carbocycles. The van der Waals surface area contributed by atoms with E-state index < -0.39 is 17.5 Å². The summed E-state index contributed by atoms with van der Waals surface area (Å²) in [5.41, 5.74) is 0.938. The molecule has 1 aliphatic rings. The summed E-state index contributed by atoms with van der Waals surface area (Å²) in [6, 6.07) is 9.66.